The summed E-state index contributed by atoms with van der Waals surface area (Å²) in [5.74, 6) is 0.399. The fourth-order valence-corrected chi connectivity index (χ4v) is 3.68. The molecule has 0 amide bonds. The minimum absolute atomic E-state index is 0.00396. The number of allylic oxidation sites excluding steroid dienone is 1. The molecule has 0 fully saturated rings. The Kier molecular flexibility index (Phi) is 8.95. The van der Waals surface area contributed by atoms with Crippen molar-refractivity contribution >= 4 is 22.7 Å². The number of Topliss-reactive ketones (excluding diaryl/α,β-unsaturated/α-hetero) is 1. The molecule has 0 rings (SSSR count). The molecule has 1 unspecified atom stereocenters. The highest BCUT2D eigenvalue weighted by Crippen LogP contribution is 2.35. The average Bonchev–Trinajstić information content (AvgIpc) is 2.42. The topological polar surface area (TPSA) is 54.4 Å². The molecule has 0 aliphatic rings. The third-order valence-electron chi connectivity index (χ3n) is 4.89. The number of rotatable bonds is 9. The maximum Gasteiger partial charge on any atom is 0.192 e. The van der Waals surface area contributed by atoms with Gasteiger partial charge in [0.2, 0.25) is 0 Å². The van der Waals surface area contributed by atoms with Crippen molar-refractivity contribution in [1.29, 1.82) is 0 Å². The van der Waals surface area contributed by atoms with Crippen LogP contribution >= 0.6 is 11.8 Å². The Bertz CT molecular complexity index is 448. The summed E-state index contributed by atoms with van der Waals surface area (Å²) in [6, 6.07) is 0. The molecule has 0 aromatic rings. The molecule has 4 atom stereocenters. The lowest BCUT2D eigenvalue weighted by molar-refractivity contribution is -0.139. The second-order valence-electron chi connectivity index (χ2n) is 8.54. The Morgan fingerprint density at radius 1 is 1.12 bits per heavy atom. The quantitative estimate of drug-likeness (QED) is 0.599. The first-order chi connectivity index (χ1) is 10.7. The molecule has 0 aliphatic heterocycles. The lowest BCUT2D eigenvalue weighted by atomic mass is 9.70. The molecule has 0 aromatic carbocycles. The lowest BCUT2D eigenvalue weighted by Crippen LogP contribution is -2.43. The second kappa shape index (κ2) is 9.19. The van der Waals surface area contributed by atoms with E-state index in [-0.39, 0.29) is 33.9 Å². The van der Waals surface area contributed by atoms with E-state index >= 15 is 0 Å². The van der Waals surface area contributed by atoms with Crippen LogP contribution in [0.4, 0.5) is 0 Å². The van der Waals surface area contributed by atoms with Crippen LogP contribution in [-0.4, -0.2) is 26.9 Å². The summed E-state index contributed by atoms with van der Waals surface area (Å²) >= 11 is 1.22. The Morgan fingerprint density at radius 3 is 2.04 bits per heavy atom. The van der Waals surface area contributed by atoms with Gasteiger partial charge in [-0.25, -0.2) is 0 Å². The van der Waals surface area contributed by atoms with E-state index in [9.17, 15) is 14.7 Å². The molecule has 0 saturated carbocycles. The van der Waals surface area contributed by atoms with Crippen molar-refractivity contribution in [2.75, 3.05) is 0 Å². The molecule has 0 heterocycles. The van der Waals surface area contributed by atoms with E-state index in [1.807, 2.05) is 33.8 Å². The van der Waals surface area contributed by atoms with Crippen LogP contribution in [-0.2, 0) is 9.59 Å². The molecule has 0 aromatic heterocycles. The third-order valence-corrected chi connectivity index (χ3v) is 5.89. The maximum atomic E-state index is 12.9. The molecular weight excluding hydrogens is 320 g/mol. The van der Waals surface area contributed by atoms with Gasteiger partial charge in [-0.2, -0.15) is 0 Å². The number of ketones is 1. The van der Waals surface area contributed by atoms with Crippen LogP contribution < -0.4 is 0 Å². The van der Waals surface area contributed by atoms with Crippen LogP contribution in [0.3, 0.4) is 0 Å². The zero-order valence-corrected chi connectivity index (χ0v) is 17.5. The summed E-state index contributed by atoms with van der Waals surface area (Å²) < 4.78 is -0.188. The van der Waals surface area contributed by atoms with Crippen molar-refractivity contribution in [3.8, 4) is 0 Å². The number of aliphatic hydroxyl groups excluding tert-OH is 1. The molecule has 140 valence electrons. The largest absolute Gasteiger partial charge is 0.392 e. The Morgan fingerprint density at radius 2 is 1.62 bits per heavy atom. The van der Waals surface area contributed by atoms with Gasteiger partial charge in [-0.05, 0) is 18.3 Å². The van der Waals surface area contributed by atoms with Gasteiger partial charge in [0.05, 0.1) is 6.10 Å². The summed E-state index contributed by atoms with van der Waals surface area (Å²) in [4.78, 5) is 25.0. The molecule has 0 saturated heterocycles. The number of thioether (sulfide) groups is 1. The summed E-state index contributed by atoms with van der Waals surface area (Å²) in [5, 5.41) is 10.4. The number of hydrogen-bond acceptors (Lipinski definition) is 4. The maximum absolute atomic E-state index is 12.9. The Hall–Kier alpha value is -0.610. The van der Waals surface area contributed by atoms with Crippen LogP contribution in [0.25, 0.3) is 0 Å². The van der Waals surface area contributed by atoms with Gasteiger partial charge in [-0.3, -0.25) is 9.59 Å². The molecule has 3 nitrogen and oxygen atoms in total. The van der Waals surface area contributed by atoms with Gasteiger partial charge in [0.25, 0.3) is 0 Å². The molecule has 0 aliphatic carbocycles. The van der Waals surface area contributed by atoms with Gasteiger partial charge in [-0.1, -0.05) is 73.2 Å². The van der Waals surface area contributed by atoms with E-state index in [0.717, 1.165) is 6.42 Å². The predicted octanol–water partition coefficient (Wildman–Crippen LogP) is 4.88. The predicted molar refractivity (Wildman–Crippen MR) is 104 cm³/mol. The van der Waals surface area contributed by atoms with Crippen LogP contribution in [0.5, 0.6) is 0 Å². The number of aliphatic hydroxyl groups is 1. The second-order valence-corrected chi connectivity index (χ2v) is 10.4. The first-order valence-electron chi connectivity index (χ1n) is 8.79. The highest BCUT2D eigenvalue weighted by atomic mass is 32.2. The zero-order chi connectivity index (χ0) is 19.3. The van der Waals surface area contributed by atoms with Gasteiger partial charge in [0.1, 0.15) is 5.78 Å². The van der Waals surface area contributed by atoms with Gasteiger partial charge >= 0.3 is 0 Å². The summed E-state index contributed by atoms with van der Waals surface area (Å²) in [6.07, 6.45) is 1.78. The fourth-order valence-electron chi connectivity index (χ4n) is 2.76. The van der Waals surface area contributed by atoms with E-state index < -0.39 is 11.5 Å². The molecule has 0 bridgehead atoms. The standard InChI is InChI=1S/C20H36O3S/c1-10-11-13(2)14(3)15(4)18(23)20(8,9)16(21)12-17(22)24-19(5,6)7/h10,13-16,21H,1,11-12H2,2-9H3/t13?,14-,15+,16-/m0/s1. The van der Waals surface area contributed by atoms with Gasteiger partial charge in [0, 0.05) is 22.5 Å². The van der Waals surface area contributed by atoms with Crippen molar-refractivity contribution < 1.29 is 14.7 Å². The van der Waals surface area contributed by atoms with Gasteiger partial charge < -0.3 is 5.11 Å². The van der Waals surface area contributed by atoms with E-state index in [1.54, 1.807) is 13.8 Å². The molecule has 0 radical (unpaired) electrons. The molecule has 0 spiro atoms. The Labute approximate surface area is 152 Å². The third kappa shape index (κ3) is 7.10. The zero-order valence-electron chi connectivity index (χ0n) is 16.7. The van der Waals surface area contributed by atoms with E-state index in [1.165, 1.54) is 11.8 Å². The molecule has 4 heteroatoms. The number of hydrogen-bond donors (Lipinski definition) is 1. The summed E-state index contributed by atoms with van der Waals surface area (Å²) in [5.41, 5.74) is -0.935. The van der Waals surface area contributed by atoms with Gasteiger partial charge in [-0.15, -0.1) is 6.58 Å². The first kappa shape index (κ1) is 23.4. The average molecular weight is 357 g/mol. The monoisotopic (exact) mass is 356 g/mol. The van der Waals surface area contributed by atoms with E-state index in [0.29, 0.717) is 5.92 Å². The lowest BCUT2D eigenvalue weighted by Gasteiger charge is -2.35. The van der Waals surface area contributed by atoms with E-state index in [2.05, 4.69) is 20.4 Å². The van der Waals surface area contributed by atoms with Crippen LogP contribution in [0, 0.1) is 23.2 Å². The highest BCUT2D eigenvalue weighted by molar-refractivity contribution is 8.14. The van der Waals surface area contributed by atoms with Crippen molar-refractivity contribution in [3.05, 3.63) is 12.7 Å². The van der Waals surface area contributed by atoms with Crippen molar-refractivity contribution in [2.45, 2.75) is 79.1 Å². The van der Waals surface area contributed by atoms with Crippen molar-refractivity contribution in [3.63, 3.8) is 0 Å². The number of carbonyl (C=O) groups excluding carboxylic acids is 2. The molecule has 1 N–H and O–H groups in total. The minimum atomic E-state index is -0.961. The van der Waals surface area contributed by atoms with Gasteiger partial charge in [0.15, 0.2) is 5.12 Å². The van der Waals surface area contributed by atoms with Crippen LogP contribution in [0.15, 0.2) is 12.7 Å². The highest BCUT2D eigenvalue weighted by Gasteiger charge is 2.41. The van der Waals surface area contributed by atoms with E-state index in [4.69, 9.17) is 0 Å². The van der Waals surface area contributed by atoms with Crippen molar-refractivity contribution in [2.24, 2.45) is 23.2 Å². The molecule has 24 heavy (non-hydrogen) atoms. The van der Waals surface area contributed by atoms with Crippen LogP contribution in [0.1, 0.15) is 68.2 Å². The first-order valence-corrected chi connectivity index (χ1v) is 9.60. The van der Waals surface area contributed by atoms with Crippen LogP contribution in [0.2, 0.25) is 0 Å². The van der Waals surface area contributed by atoms with Crippen molar-refractivity contribution in [1.82, 2.24) is 0 Å². The smallest absolute Gasteiger partial charge is 0.192 e. The summed E-state index contributed by atoms with van der Waals surface area (Å²) in [7, 11) is 0. The Balaban J connectivity index is 4.98. The summed E-state index contributed by atoms with van der Waals surface area (Å²) in [6.45, 7) is 19.2. The fraction of sp³-hybridized carbons (Fsp3) is 0.800. The SMILES string of the molecule is C=CCC(C)[C@H](C)[C@@H](C)C(=O)C(C)(C)[C@@H](O)CC(=O)SC(C)(C)C. The minimum Gasteiger partial charge on any atom is -0.392 e. The number of carbonyl (C=O) groups is 2. The normalized spacial score (nSPS) is 17.7. The molecular formula is C20H36O3S.